The van der Waals surface area contributed by atoms with Crippen LogP contribution < -0.4 is 5.73 Å². The fourth-order valence-corrected chi connectivity index (χ4v) is 4.40. The number of nitrogens with two attached hydrogens (primary N) is 1. The van der Waals surface area contributed by atoms with E-state index in [-0.39, 0.29) is 17.2 Å². The van der Waals surface area contributed by atoms with E-state index in [1.807, 2.05) is 6.08 Å². The molecule has 2 atom stereocenters. The second-order valence-electron chi connectivity index (χ2n) is 6.25. The Labute approximate surface area is 156 Å². The van der Waals surface area contributed by atoms with Crippen LogP contribution in [-0.4, -0.2) is 0 Å². The summed E-state index contributed by atoms with van der Waals surface area (Å²) in [6.45, 7) is 0. The predicted octanol–water partition coefficient (Wildman–Crippen LogP) is 4.59. The number of allylic oxidation sites excluding steroid dienone is 4. The van der Waals surface area contributed by atoms with Crippen molar-refractivity contribution >= 4 is 23.2 Å². The van der Waals surface area contributed by atoms with Crippen molar-refractivity contribution in [2.45, 2.75) is 25.2 Å². The van der Waals surface area contributed by atoms with Crippen LogP contribution in [0, 0.1) is 45.3 Å². The summed E-state index contributed by atoms with van der Waals surface area (Å²) >= 11 is 12.6. The molecule has 1 aromatic rings. The van der Waals surface area contributed by atoms with Gasteiger partial charge >= 0.3 is 0 Å². The van der Waals surface area contributed by atoms with E-state index in [2.05, 4.69) is 18.2 Å². The normalized spacial score (nSPS) is 24.4. The van der Waals surface area contributed by atoms with Crippen LogP contribution in [0.4, 0.5) is 0 Å². The molecule has 0 heterocycles. The zero-order chi connectivity index (χ0) is 18.2. The van der Waals surface area contributed by atoms with Crippen LogP contribution in [0.2, 0.25) is 10.0 Å². The van der Waals surface area contributed by atoms with Crippen molar-refractivity contribution in [1.82, 2.24) is 0 Å². The van der Waals surface area contributed by atoms with E-state index in [4.69, 9.17) is 28.9 Å². The molecule has 1 aromatic carbocycles. The maximum Gasteiger partial charge on any atom is 0.191 e. The highest BCUT2D eigenvalue weighted by atomic mass is 35.5. The van der Waals surface area contributed by atoms with Crippen molar-refractivity contribution in [3.05, 3.63) is 56.7 Å². The topological polar surface area (TPSA) is 97.4 Å². The van der Waals surface area contributed by atoms with Crippen LogP contribution in [-0.2, 0) is 0 Å². The van der Waals surface area contributed by atoms with Gasteiger partial charge in [-0.3, -0.25) is 0 Å². The quantitative estimate of drug-likeness (QED) is 0.783. The molecule has 124 valence electrons. The lowest BCUT2D eigenvalue weighted by molar-refractivity contribution is 0.317. The van der Waals surface area contributed by atoms with Crippen molar-refractivity contribution in [2.24, 2.45) is 17.1 Å². The standard InChI is InChI=1S/C19H14Cl2N4/c20-15-7-3-6-13(17(15)21)16-12-5-2-1-4-11(12)14(8-22)18(25)19(16,9-23)10-24/h3-4,6-7,12,16H,1-2,5,25H2/t12-,16+/m0/s1. The monoisotopic (exact) mass is 368 g/mol. The molecule has 0 fully saturated rings. The molecule has 0 unspecified atom stereocenters. The highest BCUT2D eigenvalue weighted by molar-refractivity contribution is 6.42. The smallest absolute Gasteiger partial charge is 0.191 e. The van der Waals surface area contributed by atoms with Gasteiger partial charge in [0.15, 0.2) is 5.41 Å². The van der Waals surface area contributed by atoms with Gasteiger partial charge in [0.25, 0.3) is 0 Å². The summed E-state index contributed by atoms with van der Waals surface area (Å²) in [4.78, 5) is 0. The van der Waals surface area contributed by atoms with Crippen LogP contribution in [0.1, 0.15) is 30.7 Å². The molecule has 4 nitrogen and oxygen atoms in total. The Morgan fingerprint density at radius 1 is 1.16 bits per heavy atom. The van der Waals surface area contributed by atoms with Gasteiger partial charge in [0.05, 0.1) is 33.5 Å². The van der Waals surface area contributed by atoms with E-state index in [0.29, 0.717) is 15.6 Å². The zero-order valence-corrected chi connectivity index (χ0v) is 14.8. The fourth-order valence-electron chi connectivity index (χ4n) is 3.98. The van der Waals surface area contributed by atoms with E-state index in [0.717, 1.165) is 24.8 Å². The number of benzene rings is 1. The van der Waals surface area contributed by atoms with Crippen molar-refractivity contribution in [2.75, 3.05) is 0 Å². The number of nitriles is 3. The Kier molecular flexibility index (Phi) is 4.49. The summed E-state index contributed by atoms with van der Waals surface area (Å²) in [5.74, 6) is -0.747. The second-order valence-corrected chi connectivity index (χ2v) is 7.03. The first kappa shape index (κ1) is 17.4. The Hall–Kier alpha value is -2.45. The van der Waals surface area contributed by atoms with Gasteiger partial charge in [-0.15, -0.1) is 0 Å². The molecular weight excluding hydrogens is 355 g/mol. The van der Waals surface area contributed by atoms with Crippen LogP contribution >= 0.6 is 23.2 Å². The Balaban J connectivity index is 2.38. The van der Waals surface area contributed by atoms with Gasteiger partial charge in [-0.2, -0.15) is 15.8 Å². The summed E-state index contributed by atoms with van der Waals surface area (Å²) in [7, 11) is 0. The van der Waals surface area contributed by atoms with Crippen molar-refractivity contribution < 1.29 is 0 Å². The third kappa shape index (κ3) is 2.40. The van der Waals surface area contributed by atoms with Crippen LogP contribution in [0.25, 0.3) is 0 Å². The first-order valence-electron chi connectivity index (χ1n) is 7.89. The Morgan fingerprint density at radius 3 is 2.52 bits per heavy atom. The van der Waals surface area contributed by atoms with E-state index in [1.54, 1.807) is 18.2 Å². The Morgan fingerprint density at radius 2 is 1.88 bits per heavy atom. The SMILES string of the molecule is N#CC1=C(N)C(C#N)(C#N)[C@@H](c2cccc(Cl)c2Cl)[C@H]2CCCC=C12. The van der Waals surface area contributed by atoms with E-state index in [9.17, 15) is 15.8 Å². The van der Waals surface area contributed by atoms with Crippen LogP contribution in [0.15, 0.2) is 41.1 Å². The molecule has 25 heavy (non-hydrogen) atoms. The molecule has 0 radical (unpaired) electrons. The molecule has 2 N–H and O–H groups in total. The summed E-state index contributed by atoms with van der Waals surface area (Å²) in [6, 6.07) is 11.5. The third-order valence-corrected chi connectivity index (χ3v) is 5.95. The van der Waals surface area contributed by atoms with Crippen molar-refractivity contribution in [3.8, 4) is 18.2 Å². The van der Waals surface area contributed by atoms with Gasteiger partial charge in [-0.1, -0.05) is 41.4 Å². The molecule has 0 spiro atoms. The molecule has 0 amide bonds. The van der Waals surface area contributed by atoms with E-state index in [1.165, 1.54) is 0 Å². The van der Waals surface area contributed by atoms with Gasteiger partial charge in [0, 0.05) is 5.92 Å². The lowest BCUT2D eigenvalue weighted by atomic mass is 9.57. The number of fused-ring (bicyclic) bond motifs is 1. The molecule has 3 rings (SSSR count). The number of hydrogen-bond acceptors (Lipinski definition) is 4. The van der Waals surface area contributed by atoms with Gasteiger partial charge in [0.2, 0.25) is 0 Å². The molecule has 0 bridgehead atoms. The Bertz CT molecular complexity index is 910. The van der Waals surface area contributed by atoms with Crippen molar-refractivity contribution in [3.63, 3.8) is 0 Å². The van der Waals surface area contributed by atoms with Gasteiger partial charge in [0.1, 0.15) is 6.07 Å². The largest absolute Gasteiger partial charge is 0.399 e. The summed E-state index contributed by atoms with van der Waals surface area (Å²) in [6.07, 6.45) is 4.49. The van der Waals surface area contributed by atoms with Crippen LogP contribution in [0.3, 0.4) is 0 Å². The van der Waals surface area contributed by atoms with Crippen LogP contribution in [0.5, 0.6) is 0 Å². The summed E-state index contributed by atoms with van der Waals surface area (Å²) in [5, 5.41) is 30.1. The molecule has 0 aliphatic heterocycles. The molecule has 0 saturated carbocycles. The minimum Gasteiger partial charge on any atom is -0.399 e. The first-order chi connectivity index (χ1) is 12.0. The van der Waals surface area contributed by atoms with Gasteiger partial charge in [-0.25, -0.2) is 0 Å². The van der Waals surface area contributed by atoms with Gasteiger partial charge < -0.3 is 5.73 Å². The minimum absolute atomic E-state index is 0.00504. The molecular formula is C19H14Cl2N4. The summed E-state index contributed by atoms with van der Waals surface area (Å²) in [5.41, 5.74) is 6.24. The van der Waals surface area contributed by atoms with Gasteiger partial charge in [-0.05, 0) is 42.4 Å². The molecule has 2 aliphatic carbocycles. The third-order valence-electron chi connectivity index (χ3n) is 5.12. The minimum atomic E-state index is -1.65. The highest BCUT2D eigenvalue weighted by Crippen LogP contribution is 2.57. The predicted molar refractivity (Wildman–Crippen MR) is 95.1 cm³/mol. The number of hydrogen-bond donors (Lipinski definition) is 1. The average molecular weight is 369 g/mol. The fraction of sp³-hybridized carbons (Fsp3) is 0.316. The maximum absolute atomic E-state index is 9.92. The molecule has 2 aliphatic rings. The second kappa shape index (κ2) is 6.45. The number of rotatable bonds is 1. The molecule has 0 saturated heterocycles. The molecule has 6 heteroatoms. The van der Waals surface area contributed by atoms with E-state index >= 15 is 0 Å². The maximum atomic E-state index is 9.92. The van der Waals surface area contributed by atoms with E-state index < -0.39 is 11.3 Å². The summed E-state index contributed by atoms with van der Waals surface area (Å²) < 4.78 is 0. The van der Waals surface area contributed by atoms with Crippen molar-refractivity contribution in [1.29, 1.82) is 15.8 Å². The average Bonchev–Trinajstić information content (AvgIpc) is 2.64. The zero-order valence-electron chi connectivity index (χ0n) is 13.3. The lowest BCUT2D eigenvalue weighted by Gasteiger charge is -2.43. The highest BCUT2D eigenvalue weighted by Gasteiger charge is 2.54. The number of nitrogens with zero attached hydrogens (tertiary/aromatic N) is 3. The number of halogens is 2. The molecule has 0 aromatic heterocycles. The first-order valence-corrected chi connectivity index (χ1v) is 8.64. The lowest BCUT2D eigenvalue weighted by Crippen LogP contribution is -2.42.